The number of anilines is 1. The van der Waals surface area contributed by atoms with E-state index < -0.39 is 11.8 Å². The molecule has 1 aliphatic rings. The normalized spacial score (nSPS) is 13.3. The molecule has 0 atom stereocenters. The molecule has 3 aromatic rings. The minimum atomic E-state index is -0.705. The van der Waals surface area contributed by atoms with E-state index in [2.05, 4.69) is 5.32 Å². The zero-order valence-corrected chi connectivity index (χ0v) is 19.9. The summed E-state index contributed by atoms with van der Waals surface area (Å²) in [6, 6.07) is 16.0. The fourth-order valence-electron chi connectivity index (χ4n) is 3.79. The molecule has 180 valence electrons. The Morgan fingerprint density at radius 1 is 0.886 bits per heavy atom. The topological polar surface area (TPSA) is 108 Å². The molecule has 8 nitrogen and oxygen atoms in total. The van der Waals surface area contributed by atoms with Gasteiger partial charge in [-0.15, -0.1) is 0 Å². The molecule has 3 aromatic carbocycles. The van der Waals surface area contributed by atoms with Crippen molar-refractivity contribution in [3.63, 3.8) is 0 Å². The average Bonchev–Trinajstić information content (AvgIpc) is 2.88. The van der Waals surface area contributed by atoms with Gasteiger partial charge in [-0.05, 0) is 53.6 Å². The molecule has 4 rings (SSSR count). The molecular weight excluding hydrogens is 493 g/mol. The molecule has 1 saturated heterocycles. The molecule has 1 heterocycles. The van der Waals surface area contributed by atoms with Crippen molar-refractivity contribution in [1.29, 1.82) is 0 Å². The van der Waals surface area contributed by atoms with Crippen molar-refractivity contribution in [2.24, 2.45) is 0 Å². The SMILES string of the molecule is O=C(Nc1cc(C(=O)N2CCOCC2)cc(-c2ccccc2C(=O)NO)c1)c1ccc(Cl)cc1Cl. The third kappa shape index (κ3) is 5.63. The predicted molar refractivity (Wildman–Crippen MR) is 132 cm³/mol. The highest BCUT2D eigenvalue weighted by Crippen LogP contribution is 2.30. The molecule has 1 aliphatic heterocycles. The molecule has 0 bridgehead atoms. The number of morpholine rings is 1. The van der Waals surface area contributed by atoms with Crippen molar-refractivity contribution in [2.75, 3.05) is 31.6 Å². The Morgan fingerprint density at radius 3 is 2.34 bits per heavy atom. The maximum Gasteiger partial charge on any atom is 0.275 e. The molecule has 0 radical (unpaired) electrons. The Balaban J connectivity index is 1.77. The summed E-state index contributed by atoms with van der Waals surface area (Å²) in [7, 11) is 0. The fourth-order valence-corrected chi connectivity index (χ4v) is 4.29. The summed E-state index contributed by atoms with van der Waals surface area (Å²) in [6.07, 6.45) is 0. The van der Waals surface area contributed by atoms with Gasteiger partial charge in [0, 0.05) is 34.9 Å². The first-order valence-corrected chi connectivity index (χ1v) is 11.5. The molecular formula is C25H21Cl2N3O5. The minimum absolute atomic E-state index is 0.181. The third-order valence-corrected chi connectivity index (χ3v) is 6.04. The van der Waals surface area contributed by atoms with E-state index in [4.69, 9.17) is 33.1 Å². The first-order valence-electron chi connectivity index (χ1n) is 10.7. The number of nitrogens with one attached hydrogen (secondary N) is 2. The number of carbonyl (C=O) groups excluding carboxylic acids is 3. The van der Waals surface area contributed by atoms with Gasteiger partial charge in [-0.1, -0.05) is 41.4 Å². The molecule has 0 saturated carbocycles. The van der Waals surface area contributed by atoms with Crippen molar-refractivity contribution >= 4 is 46.6 Å². The average molecular weight is 514 g/mol. The Hall–Kier alpha value is -3.43. The van der Waals surface area contributed by atoms with Crippen LogP contribution in [0.25, 0.3) is 11.1 Å². The molecule has 3 N–H and O–H groups in total. The second-order valence-electron chi connectivity index (χ2n) is 7.77. The largest absolute Gasteiger partial charge is 0.378 e. The van der Waals surface area contributed by atoms with Crippen LogP contribution in [0, 0.1) is 0 Å². The molecule has 0 aromatic heterocycles. The van der Waals surface area contributed by atoms with Crippen molar-refractivity contribution in [3.05, 3.63) is 87.4 Å². The Bertz CT molecular complexity index is 1290. The van der Waals surface area contributed by atoms with Crippen molar-refractivity contribution in [2.45, 2.75) is 0 Å². The number of nitrogens with zero attached hydrogens (tertiary/aromatic N) is 1. The first-order chi connectivity index (χ1) is 16.9. The van der Waals surface area contributed by atoms with Crippen LogP contribution in [0.1, 0.15) is 31.1 Å². The first kappa shape index (κ1) is 24.7. The zero-order valence-electron chi connectivity index (χ0n) is 18.4. The van der Waals surface area contributed by atoms with E-state index in [1.165, 1.54) is 12.1 Å². The summed E-state index contributed by atoms with van der Waals surface area (Å²) < 4.78 is 5.34. The molecule has 1 fully saturated rings. The van der Waals surface area contributed by atoms with Gasteiger partial charge in [0.25, 0.3) is 17.7 Å². The number of ether oxygens (including phenoxy) is 1. The lowest BCUT2D eigenvalue weighted by Gasteiger charge is -2.27. The number of hydrogen-bond donors (Lipinski definition) is 3. The van der Waals surface area contributed by atoms with Crippen LogP contribution in [0.2, 0.25) is 10.0 Å². The third-order valence-electron chi connectivity index (χ3n) is 5.50. The molecule has 0 spiro atoms. The second-order valence-corrected chi connectivity index (χ2v) is 8.61. The highest BCUT2D eigenvalue weighted by Gasteiger charge is 2.22. The van der Waals surface area contributed by atoms with Gasteiger partial charge in [0.1, 0.15) is 0 Å². The van der Waals surface area contributed by atoms with Gasteiger partial charge in [-0.25, -0.2) is 5.48 Å². The summed E-state index contributed by atoms with van der Waals surface area (Å²) in [5.41, 5.74) is 3.66. The molecule has 10 heteroatoms. The highest BCUT2D eigenvalue weighted by atomic mass is 35.5. The number of carbonyl (C=O) groups is 3. The van der Waals surface area contributed by atoms with Crippen LogP contribution in [0.4, 0.5) is 5.69 Å². The molecule has 35 heavy (non-hydrogen) atoms. The summed E-state index contributed by atoms with van der Waals surface area (Å²) >= 11 is 12.1. The van der Waals surface area contributed by atoms with E-state index in [9.17, 15) is 14.4 Å². The lowest BCUT2D eigenvalue weighted by molar-refractivity contribution is 0.0303. The lowest BCUT2D eigenvalue weighted by atomic mass is 9.96. The maximum atomic E-state index is 13.3. The number of hydroxylamine groups is 1. The molecule has 0 aliphatic carbocycles. The Morgan fingerprint density at radius 2 is 1.63 bits per heavy atom. The number of rotatable bonds is 5. The monoisotopic (exact) mass is 513 g/mol. The van der Waals surface area contributed by atoms with E-state index in [0.717, 1.165) is 0 Å². The van der Waals surface area contributed by atoms with Crippen molar-refractivity contribution < 1.29 is 24.3 Å². The highest BCUT2D eigenvalue weighted by molar-refractivity contribution is 6.37. The number of halogens is 2. The minimum Gasteiger partial charge on any atom is -0.378 e. The van der Waals surface area contributed by atoms with E-state index in [-0.39, 0.29) is 22.1 Å². The fraction of sp³-hybridized carbons (Fsp3) is 0.160. The molecule has 0 unspecified atom stereocenters. The summed E-state index contributed by atoms with van der Waals surface area (Å²) in [4.78, 5) is 40.1. The van der Waals surface area contributed by atoms with Crippen LogP contribution in [-0.4, -0.2) is 54.1 Å². The van der Waals surface area contributed by atoms with E-state index in [1.807, 2.05) is 0 Å². The second kappa shape index (κ2) is 10.9. The lowest BCUT2D eigenvalue weighted by Crippen LogP contribution is -2.40. The predicted octanol–water partition coefficient (Wildman–Crippen LogP) is 4.50. The number of benzene rings is 3. The van der Waals surface area contributed by atoms with Crippen LogP contribution < -0.4 is 10.8 Å². The van der Waals surface area contributed by atoms with E-state index in [1.54, 1.807) is 58.9 Å². The van der Waals surface area contributed by atoms with Gasteiger partial charge in [-0.3, -0.25) is 19.6 Å². The van der Waals surface area contributed by atoms with Crippen molar-refractivity contribution in [1.82, 2.24) is 10.4 Å². The van der Waals surface area contributed by atoms with Gasteiger partial charge < -0.3 is 15.0 Å². The van der Waals surface area contributed by atoms with Crippen LogP contribution in [0.3, 0.4) is 0 Å². The van der Waals surface area contributed by atoms with Gasteiger partial charge in [0.15, 0.2) is 0 Å². The van der Waals surface area contributed by atoms with E-state index in [0.29, 0.717) is 53.7 Å². The van der Waals surface area contributed by atoms with Crippen LogP contribution in [0.5, 0.6) is 0 Å². The standard InChI is InChI=1S/C25H21Cl2N3O5/c26-17-5-6-21(22(27)14-17)23(31)28-18-12-15(19-3-1-2-4-20(19)24(32)29-34)11-16(13-18)25(33)30-7-9-35-10-8-30/h1-6,11-14,34H,7-10H2,(H,28,31)(H,29,32). The van der Waals surface area contributed by atoms with Gasteiger partial charge in [-0.2, -0.15) is 0 Å². The summed E-state index contributed by atoms with van der Waals surface area (Å²) in [5.74, 6) is -1.43. The Labute approximate surface area is 211 Å². The number of hydrogen-bond acceptors (Lipinski definition) is 5. The van der Waals surface area contributed by atoms with Gasteiger partial charge in [0.2, 0.25) is 0 Å². The van der Waals surface area contributed by atoms with Crippen LogP contribution in [-0.2, 0) is 4.74 Å². The van der Waals surface area contributed by atoms with Gasteiger partial charge >= 0.3 is 0 Å². The number of amides is 3. The van der Waals surface area contributed by atoms with Crippen molar-refractivity contribution in [3.8, 4) is 11.1 Å². The van der Waals surface area contributed by atoms with Crippen LogP contribution in [0.15, 0.2) is 60.7 Å². The summed E-state index contributed by atoms with van der Waals surface area (Å²) in [5, 5.41) is 12.5. The van der Waals surface area contributed by atoms with E-state index >= 15 is 0 Å². The van der Waals surface area contributed by atoms with Crippen LogP contribution >= 0.6 is 23.2 Å². The maximum absolute atomic E-state index is 13.3. The van der Waals surface area contributed by atoms with Gasteiger partial charge in [0.05, 0.1) is 23.8 Å². The molecule has 3 amide bonds. The Kier molecular flexibility index (Phi) is 7.67. The quantitative estimate of drug-likeness (QED) is 0.343. The zero-order chi connectivity index (χ0) is 24.9. The smallest absolute Gasteiger partial charge is 0.275 e. The summed E-state index contributed by atoms with van der Waals surface area (Å²) in [6.45, 7) is 1.75.